The highest BCUT2D eigenvalue weighted by molar-refractivity contribution is 7.90. The van der Waals surface area contributed by atoms with Gasteiger partial charge in [0.05, 0.1) is 16.8 Å². The van der Waals surface area contributed by atoms with E-state index in [0.29, 0.717) is 24.2 Å². The zero-order valence-corrected chi connectivity index (χ0v) is 18.7. The fourth-order valence-corrected chi connectivity index (χ4v) is 4.86. The molecule has 0 aliphatic rings. The van der Waals surface area contributed by atoms with E-state index in [1.807, 2.05) is 44.2 Å². The number of hydrogen-bond donors (Lipinski definition) is 2. The molecule has 0 radical (unpaired) electrons. The zero-order chi connectivity index (χ0) is 22.7. The lowest BCUT2D eigenvalue weighted by Gasteiger charge is -2.10. The van der Waals surface area contributed by atoms with Gasteiger partial charge < -0.3 is 10.4 Å². The molecule has 0 amide bonds. The lowest BCUT2D eigenvalue weighted by Crippen LogP contribution is -2.14. The minimum atomic E-state index is -3.37. The average molecular weight is 449 g/mol. The molecule has 32 heavy (non-hydrogen) atoms. The van der Waals surface area contributed by atoms with Crippen LogP contribution in [0.15, 0.2) is 55.0 Å². The Labute approximate surface area is 187 Å². The molecular formula is C24H24N4O3S. The van der Waals surface area contributed by atoms with Crippen LogP contribution in [-0.2, 0) is 10.0 Å². The maximum Gasteiger partial charge on any atom is 0.238 e. The Bertz CT molecular complexity index is 1450. The highest BCUT2D eigenvalue weighted by Gasteiger charge is 2.15. The van der Waals surface area contributed by atoms with Crippen molar-refractivity contribution < 1.29 is 13.5 Å². The van der Waals surface area contributed by atoms with E-state index >= 15 is 0 Å². The number of aliphatic hydroxyl groups excluding tert-OH is 1. The Kier molecular flexibility index (Phi) is 6.12. The van der Waals surface area contributed by atoms with Crippen molar-refractivity contribution in [3.63, 3.8) is 0 Å². The highest BCUT2D eigenvalue weighted by Crippen LogP contribution is 2.27. The first-order chi connectivity index (χ1) is 15.4. The summed E-state index contributed by atoms with van der Waals surface area (Å²) in [5, 5.41) is 14.6. The van der Waals surface area contributed by atoms with Gasteiger partial charge in [-0.1, -0.05) is 25.7 Å². The van der Waals surface area contributed by atoms with Gasteiger partial charge in [-0.15, -0.1) is 0 Å². The highest BCUT2D eigenvalue weighted by atomic mass is 32.2. The Morgan fingerprint density at radius 3 is 2.75 bits per heavy atom. The molecule has 4 rings (SSSR count). The Hall–Kier alpha value is -3.41. The van der Waals surface area contributed by atoms with Gasteiger partial charge in [0, 0.05) is 28.2 Å². The number of aromatic nitrogens is 3. The molecule has 0 aliphatic carbocycles. The molecule has 4 aromatic rings. The summed E-state index contributed by atoms with van der Waals surface area (Å²) in [6.07, 6.45) is 3.56. The average Bonchev–Trinajstić information content (AvgIpc) is 3.22. The number of aliphatic hydroxyl groups is 1. The van der Waals surface area contributed by atoms with Crippen LogP contribution in [-0.4, -0.2) is 39.3 Å². The molecule has 2 heterocycles. The first-order valence-corrected chi connectivity index (χ1v) is 12.1. The second-order valence-corrected chi connectivity index (χ2v) is 9.44. The van der Waals surface area contributed by atoms with Gasteiger partial charge in [-0.2, -0.15) is 0 Å². The monoisotopic (exact) mass is 448 g/mol. The van der Waals surface area contributed by atoms with Crippen molar-refractivity contribution in [3.8, 4) is 11.8 Å². The third kappa shape index (κ3) is 4.44. The number of rotatable bonds is 6. The molecule has 1 atom stereocenters. The Morgan fingerprint density at radius 2 is 1.97 bits per heavy atom. The van der Waals surface area contributed by atoms with Crippen LogP contribution in [0.2, 0.25) is 0 Å². The van der Waals surface area contributed by atoms with Crippen LogP contribution >= 0.6 is 0 Å². The molecule has 0 saturated heterocycles. The summed E-state index contributed by atoms with van der Waals surface area (Å²) in [5.74, 6) is 6.52. The predicted molar refractivity (Wildman–Crippen MR) is 127 cm³/mol. The van der Waals surface area contributed by atoms with Gasteiger partial charge in [0.1, 0.15) is 18.2 Å². The van der Waals surface area contributed by atoms with Gasteiger partial charge in [-0.05, 0) is 55.3 Å². The molecule has 0 fully saturated rings. The molecule has 2 aromatic heterocycles. The van der Waals surface area contributed by atoms with Crippen molar-refractivity contribution in [2.75, 3.05) is 11.1 Å². The van der Waals surface area contributed by atoms with E-state index in [1.165, 1.54) is 10.3 Å². The third-order valence-corrected chi connectivity index (χ3v) is 6.93. The van der Waals surface area contributed by atoms with E-state index in [9.17, 15) is 13.5 Å². The summed E-state index contributed by atoms with van der Waals surface area (Å²) in [5.41, 5.74) is 2.95. The third-order valence-electron chi connectivity index (χ3n) is 5.08. The number of benzene rings is 2. The van der Waals surface area contributed by atoms with E-state index in [2.05, 4.69) is 27.1 Å². The first-order valence-electron chi connectivity index (χ1n) is 10.5. The Balaban J connectivity index is 1.69. The molecule has 2 aromatic carbocycles. The van der Waals surface area contributed by atoms with Gasteiger partial charge in [0.15, 0.2) is 0 Å². The Morgan fingerprint density at radius 1 is 1.12 bits per heavy atom. The van der Waals surface area contributed by atoms with Crippen molar-refractivity contribution in [2.24, 2.45) is 0 Å². The largest absolute Gasteiger partial charge is 0.380 e. The van der Waals surface area contributed by atoms with Crippen LogP contribution in [0.1, 0.15) is 32.3 Å². The van der Waals surface area contributed by atoms with E-state index < -0.39 is 16.1 Å². The quantitative estimate of drug-likeness (QED) is 0.432. The van der Waals surface area contributed by atoms with Gasteiger partial charge >= 0.3 is 0 Å². The summed E-state index contributed by atoms with van der Waals surface area (Å²) < 4.78 is 26.3. The van der Waals surface area contributed by atoms with Crippen LogP contribution in [0.5, 0.6) is 0 Å². The van der Waals surface area contributed by atoms with E-state index in [4.69, 9.17) is 0 Å². The molecule has 7 nitrogen and oxygen atoms in total. The van der Waals surface area contributed by atoms with Crippen molar-refractivity contribution in [3.05, 3.63) is 60.6 Å². The zero-order valence-electron chi connectivity index (χ0n) is 17.9. The van der Waals surface area contributed by atoms with Crippen LogP contribution in [0, 0.1) is 11.8 Å². The molecular weight excluding hydrogens is 424 g/mol. The lowest BCUT2D eigenvalue weighted by molar-refractivity contribution is 0.228. The van der Waals surface area contributed by atoms with Gasteiger partial charge in [-0.3, -0.25) is 0 Å². The minimum absolute atomic E-state index is 0.101. The topological polar surface area (TPSA) is 97.1 Å². The summed E-state index contributed by atoms with van der Waals surface area (Å²) >= 11 is 0. The van der Waals surface area contributed by atoms with Crippen LogP contribution in [0.3, 0.4) is 0 Å². The molecule has 8 heteroatoms. The molecule has 0 saturated carbocycles. The van der Waals surface area contributed by atoms with E-state index in [0.717, 1.165) is 27.5 Å². The predicted octanol–water partition coefficient (Wildman–Crippen LogP) is 4.04. The molecule has 1 unspecified atom stereocenters. The van der Waals surface area contributed by atoms with Crippen LogP contribution in [0.25, 0.3) is 21.8 Å². The fourth-order valence-electron chi connectivity index (χ4n) is 3.43. The SMILES string of the molecule is CCCS(=O)(=O)n1ccc2cc(Nc3ncnc4ccc(C#CC(O)CC)cc34)ccc21. The van der Waals surface area contributed by atoms with Gasteiger partial charge in [0.25, 0.3) is 0 Å². The maximum absolute atomic E-state index is 12.5. The lowest BCUT2D eigenvalue weighted by atomic mass is 10.1. The second-order valence-electron chi connectivity index (χ2n) is 7.47. The molecule has 0 spiro atoms. The van der Waals surface area contributed by atoms with Crippen molar-refractivity contribution in [1.82, 2.24) is 13.9 Å². The van der Waals surface area contributed by atoms with Gasteiger partial charge in [0.2, 0.25) is 10.0 Å². The van der Waals surface area contributed by atoms with Crippen LogP contribution in [0.4, 0.5) is 11.5 Å². The molecule has 0 bridgehead atoms. The first kappa shape index (κ1) is 21.8. The van der Waals surface area contributed by atoms with E-state index in [1.54, 1.807) is 18.3 Å². The van der Waals surface area contributed by atoms with E-state index in [-0.39, 0.29) is 5.75 Å². The molecule has 0 aliphatic heterocycles. The number of anilines is 2. The number of nitrogens with one attached hydrogen (secondary N) is 1. The van der Waals surface area contributed by atoms with Crippen molar-refractivity contribution in [1.29, 1.82) is 0 Å². The number of fused-ring (bicyclic) bond motifs is 2. The van der Waals surface area contributed by atoms with Gasteiger partial charge in [-0.25, -0.2) is 22.4 Å². The summed E-state index contributed by atoms with van der Waals surface area (Å²) in [7, 11) is -3.37. The summed E-state index contributed by atoms with van der Waals surface area (Å²) in [6.45, 7) is 3.72. The second kappa shape index (κ2) is 8.99. The smallest absolute Gasteiger partial charge is 0.238 e. The normalized spacial score (nSPS) is 12.5. The van der Waals surface area contributed by atoms with Crippen molar-refractivity contribution >= 4 is 43.3 Å². The standard InChI is InChI=1S/C24H24N4O3S/c1-3-13-32(30,31)28-12-11-18-15-19(7-10-23(18)28)27-24-21-14-17(5-8-20(29)4-2)6-9-22(21)25-16-26-24/h6-7,9-12,14-16,20,29H,3-4,13H2,1-2H3,(H,25,26,27). The molecule has 2 N–H and O–H groups in total. The number of hydrogen-bond acceptors (Lipinski definition) is 6. The van der Waals surface area contributed by atoms with Crippen LogP contribution < -0.4 is 5.32 Å². The molecule has 164 valence electrons. The minimum Gasteiger partial charge on any atom is -0.380 e. The maximum atomic E-state index is 12.5. The van der Waals surface area contributed by atoms with Crippen molar-refractivity contribution in [2.45, 2.75) is 32.8 Å². The summed E-state index contributed by atoms with van der Waals surface area (Å²) in [4.78, 5) is 8.70. The fraction of sp³-hybridized carbons (Fsp3) is 0.250. The summed E-state index contributed by atoms with van der Waals surface area (Å²) in [6, 6.07) is 12.9. The number of nitrogens with zero attached hydrogens (tertiary/aromatic N) is 3.